The number of esters is 1. The first-order chi connectivity index (χ1) is 9.60. The quantitative estimate of drug-likeness (QED) is 0.707. The fourth-order valence-electron chi connectivity index (χ4n) is 2.03. The van der Waals surface area contributed by atoms with Crippen LogP contribution >= 0.6 is 0 Å². The highest BCUT2D eigenvalue weighted by Gasteiger charge is 2.12. The molecule has 1 aromatic heterocycles. The van der Waals surface area contributed by atoms with Crippen molar-refractivity contribution in [1.29, 1.82) is 0 Å². The lowest BCUT2D eigenvalue weighted by Crippen LogP contribution is -2.18. The summed E-state index contributed by atoms with van der Waals surface area (Å²) >= 11 is 0. The number of anilines is 1. The van der Waals surface area contributed by atoms with Crippen molar-refractivity contribution in [3.05, 3.63) is 17.6 Å². The molecule has 0 saturated carbocycles. The maximum absolute atomic E-state index is 11.5. The molecule has 1 rings (SSSR count). The molecule has 0 fully saturated rings. The minimum absolute atomic E-state index is 0.0594. The summed E-state index contributed by atoms with van der Waals surface area (Å²) in [4.78, 5) is 19.6. The van der Waals surface area contributed by atoms with Crippen molar-refractivity contribution in [2.45, 2.75) is 33.1 Å². The zero-order valence-electron chi connectivity index (χ0n) is 12.3. The average Bonchev–Trinajstić information content (AvgIpc) is 2.44. The van der Waals surface area contributed by atoms with Crippen LogP contribution in [0.25, 0.3) is 0 Å². The van der Waals surface area contributed by atoms with Gasteiger partial charge in [-0.3, -0.25) is 0 Å². The second-order valence-corrected chi connectivity index (χ2v) is 4.76. The molecule has 0 amide bonds. The standard InChI is InChI=1S/C14H23N3O3/c1-4-5-11(6-7-18)9-15-12-8-10(2)16-13(17-12)14(19)20-3/h8,11,18H,4-7,9H2,1-3H3,(H,15,16,17). The van der Waals surface area contributed by atoms with E-state index < -0.39 is 5.97 Å². The highest BCUT2D eigenvalue weighted by molar-refractivity contribution is 5.85. The summed E-state index contributed by atoms with van der Waals surface area (Å²) in [6.45, 7) is 4.82. The van der Waals surface area contributed by atoms with Gasteiger partial charge >= 0.3 is 5.97 Å². The molecule has 0 aliphatic carbocycles. The predicted molar refractivity (Wildman–Crippen MR) is 76.7 cm³/mol. The van der Waals surface area contributed by atoms with E-state index in [1.165, 1.54) is 7.11 Å². The number of carbonyl (C=O) groups is 1. The molecule has 1 atom stereocenters. The van der Waals surface area contributed by atoms with Gasteiger partial charge in [0.15, 0.2) is 0 Å². The first-order valence-electron chi connectivity index (χ1n) is 6.89. The number of methoxy groups -OCH3 is 1. The molecule has 2 N–H and O–H groups in total. The summed E-state index contributed by atoms with van der Waals surface area (Å²) in [6, 6.07) is 1.79. The number of nitrogens with one attached hydrogen (secondary N) is 1. The lowest BCUT2D eigenvalue weighted by atomic mass is 10.0. The Bertz CT molecular complexity index is 432. The Labute approximate surface area is 119 Å². The third-order valence-electron chi connectivity index (χ3n) is 3.03. The van der Waals surface area contributed by atoms with Gasteiger partial charge in [0.25, 0.3) is 0 Å². The number of rotatable bonds is 8. The summed E-state index contributed by atoms with van der Waals surface area (Å²) in [5.41, 5.74) is 0.706. The molecular weight excluding hydrogens is 258 g/mol. The van der Waals surface area contributed by atoms with E-state index in [-0.39, 0.29) is 12.4 Å². The van der Waals surface area contributed by atoms with Gasteiger partial charge in [-0.25, -0.2) is 14.8 Å². The minimum atomic E-state index is -0.544. The van der Waals surface area contributed by atoms with Crippen molar-refractivity contribution < 1.29 is 14.6 Å². The predicted octanol–water partition coefficient (Wildman–Crippen LogP) is 1.78. The summed E-state index contributed by atoms with van der Waals surface area (Å²) in [7, 11) is 1.31. The van der Waals surface area contributed by atoms with Crippen molar-refractivity contribution in [3.8, 4) is 0 Å². The number of carbonyl (C=O) groups excluding carboxylic acids is 1. The van der Waals surface area contributed by atoms with Crippen LogP contribution in [0.1, 0.15) is 42.5 Å². The van der Waals surface area contributed by atoms with Crippen LogP contribution in [0, 0.1) is 12.8 Å². The Morgan fingerprint density at radius 2 is 2.20 bits per heavy atom. The normalized spacial score (nSPS) is 12.0. The van der Waals surface area contributed by atoms with E-state index in [2.05, 4.69) is 26.9 Å². The van der Waals surface area contributed by atoms with Gasteiger partial charge in [0.05, 0.1) is 7.11 Å². The zero-order valence-corrected chi connectivity index (χ0v) is 12.3. The maximum Gasteiger partial charge on any atom is 0.376 e. The molecule has 1 unspecified atom stereocenters. The zero-order chi connectivity index (χ0) is 15.0. The van der Waals surface area contributed by atoms with Crippen molar-refractivity contribution >= 4 is 11.8 Å². The molecule has 0 aliphatic heterocycles. The van der Waals surface area contributed by atoms with Crippen LogP contribution in [-0.2, 0) is 4.74 Å². The molecule has 0 bridgehead atoms. The van der Waals surface area contributed by atoms with Crippen LogP contribution < -0.4 is 5.32 Å². The number of nitrogens with zero attached hydrogens (tertiary/aromatic N) is 2. The van der Waals surface area contributed by atoms with Gasteiger partial charge < -0.3 is 15.2 Å². The van der Waals surface area contributed by atoms with Crippen LogP contribution in [0.5, 0.6) is 0 Å². The fraction of sp³-hybridized carbons (Fsp3) is 0.643. The number of aliphatic hydroxyl groups is 1. The summed E-state index contributed by atoms with van der Waals surface area (Å²) in [5.74, 6) is 0.514. The molecule has 0 spiro atoms. The number of aryl methyl sites for hydroxylation is 1. The highest BCUT2D eigenvalue weighted by atomic mass is 16.5. The van der Waals surface area contributed by atoms with Gasteiger partial charge in [-0.1, -0.05) is 13.3 Å². The molecule has 0 aliphatic rings. The van der Waals surface area contributed by atoms with E-state index in [0.29, 0.717) is 24.0 Å². The summed E-state index contributed by atoms with van der Waals surface area (Å²) in [6.07, 6.45) is 2.87. The SMILES string of the molecule is CCCC(CCO)CNc1cc(C)nc(C(=O)OC)n1. The van der Waals surface area contributed by atoms with E-state index >= 15 is 0 Å². The second kappa shape index (κ2) is 8.47. The Morgan fingerprint density at radius 1 is 1.45 bits per heavy atom. The minimum Gasteiger partial charge on any atom is -0.463 e. The van der Waals surface area contributed by atoms with Gasteiger partial charge in [0, 0.05) is 24.9 Å². The fourth-order valence-corrected chi connectivity index (χ4v) is 2.03. The smallest absolute Gasteiger partial charge is 0.376 e. The van der Waals surface area contributed by atoms with Crippen molar-refractivity contribution in [2.75, 3.05) is 25.6 Å². The third kappa shape index (κ3) is 5.13. The largest absolute Gasteiger partial charge is 0.463 e. The monoisotopic (exact) mass is 281 g/mol. The van der Waals surface area contributed by atoms with E-state index in [9.17, 15) is 4.79 Å². The lowest BCUT2D eigenvalue weighted by molar-refractivity contribution is 0.0586. The van der Waals surface area contributed by atoms with Crippen LogP contribution in [0.2, 0.25) is 0 Å². The highest BCUT2D eigenvalue weighted by Crippen LogP contribution is 2.13. The molecule has 0 saturated heterocycles. The average molecular weight is 281 g/mol. The van der Waals surface area contributed by atoms with Gasteiger partial charge in [0.2, 0.25) is 5.82 Å². The number of aliphatic hydroxyl groups excluding tert-OH is 1. The molecular formula is C14H23N3O3. The van der Waals surface area contributed by atoms with Gasteiger partial charge in [-0.2, -0.15) is 0 Å². The maximum atomic E-state index is 11.5. The van der Waals surface area contributed by atoms with Crippen LogP contribution in [0.3, 0.4) is 0 Å². The second-order valence-electron chi connectivity index (χ2n) is 4.76. The number of hydrogen-bond donors (Lipinski definition) is 2. The van der Waals surface area contributed by atoms with Crippen LogP contribution in [0.15, 0.2) is 6.07 Å². The number of hydrogen-bond acceptors (Lipinski definition) is 6. The molecule has 6 nitrogen and oxygen atoms in total. The van der Waals surface area contributed by atoms with Crippen molar-refractivity contribution in [3.63, 3.8) is 0 Å². The van der Waals surface area contributed by atoms with E-state index in [0.717, 1.165) is 19.3 Å². The van der Waals surface area contributed by atoms with Gasteiger partial charge in [-0.15, -0.1) is 0 Å². The molecule has 1 aromatic rings. The van der Waals surface area contributed by atoms with E-state index in [1.54, 1.807) is 13.0 Å². The van der Waals surface area contributed by atoms with Crippen molar-refractivity contribution in [2.24, 2.45) is 5.92 Å². The van der Waals surface area contributed by atoms with Gasteiger partial charge in [0.1, 0.15) is 5.82 Å². The summed E-state index contributed by atoms with van der Waals surface area (Å²) in [5, 5.41) is 12.2. The Hall–Kier alpha value is -1.69. The topological polar surface area (TPSA) is 84.3 Å². The first kappa shape index (κ1) is 16.4. The van der Waals surface area contributed by atoms with Crippen LogP contribution in [-0.4, -0.2) is 41.3 Å². The molecule has 0 aromatic carbocycles. The molecule has 112 valence electrons. The van der Waals surface area contributed by atoms with Crippen LogP contribution in [0.4, 0.5) is 5.82 Å². The van der Waals surface area contributed by atoms with Gasteiger partial charge in [-0.05, 0) is 25.7 Å². The number of aromatic nitrogens is 2. The first-order valence-corrected chi connectivity index (χ1v) is 6.89. The van der Waals surface area contributed by atoms with Crippen molar-refractivity contribution in [1.82, 2.24) is 9.97 Å². The number of ether oxygens (including phenoxy) is 1. The Kier molecular flexibility index (Phi) is 6.93. The lowest BCUT2D eigenvalue weighted by Gasteiger charge is -2.16. The van der Waals surface area contributed by atoms with E-state index in [1.807, 2.05) is 0 Å². The molecule has 0 radical (unpaired) electrons. The Morgan fingerprint density at radius 3 is 2.80 bits per heavy atom. The molecule has 1 heterocycles. The third-order valence-corrected chi connectivity index (χ3v) is 3.03. The molecule has 20 heavy (non-hydrogen) atoms. The summed E-state index contributed by atoms with van der Waals surface area (Å²) < 4.78 is 4.62. The molecule has 6 heteroatoms. The Balaban J connectivity index is 2.71. The van der Waals surface area contributed by atoms with E-state index in [4.69, 9.17) is 5.11 Å².